The molecule has 15 aromatic rings. The molecule has 2 aromatic heterocycles. The van der Waals surface area contributed by atoms with E-state index in [4.69, 9.17) is 8.83 Å². The number of para-hydroxylation sites is 4. The van der Waals surface area contributed by atoms with Gasteiger partial charge in [0.15, 0.2) is 11.2 Å². The summed E-state index contributed by atoms with van der Waals surface area (Å²) in [6.07, 6.45) is 0. The lowest BCUT2D eigenvalue weighted by molar-refractivity contribution is 0.668. The monoisotopic (exact) mass is 1070 g/mol. The van der Waals surface area contributed by atoms with Gasteiger partial charge in [-0.3, -0.25) is 0 Å². The van der Waals surface area contributed by atoms with Gasteiger partial charge in [0.2, 0.25) is 0 Å². The summed E-state index contributed by atoms with van der Waals surface area (Å²) in [5.41, 5.74) is 17.7. The maximum absolute atomic E-state index is 6.82. The SMILES string of the molecule is Cc1ccc(N(c2ccc3c4c(c5ccccc5c3c2)-c2ccc3cc(N(c5ccc([Si](C)(C)C)cc5)c5cccc6c5oc5ccccc56)ccc3c2C4(c2ccccc2)c2ccccc2)c2cccc3c2oc2ccccc23)cc1. The van der Waals surface area contributed by atoms with Crippen molar-refractivity contribution < 1.29 is 8.83 Å². The third-order valence-corrected chi connectivity index (χ3v) is 19.6. The van der Waals surface area contributed by atoms with Crippen molar-refractivity contribution >= 4 is 124 Å². The number of nitrogens with zero attached hydrogens (tertiary/aromatic N) is 2. The molecule has 0 N–H and O–H groups in total. The summed E-state index contributed by atoms with van der Waals surface area (Å²) in [5, 5.41) is 13.0. The number of fused-ring (bicyclic) bond motifs is 16. The Bertz CT molecular complexity index is 4990. The molecule has 0 spiro atoms. The Morgan fingerprint density at radius 3 is 1.39 bits per heavy atom. The van der Waals surface area contributed by atoms with Crippen molar-refractivity contribution in [1.29, 1.82) is 0 Å². The number of rotatable bonds is 9. The Hall–Kier alpha value is -9.94. The molecule has 0 bridgehead atoms. The first-order chi connectivity index (χ1) is 40.2. The number of hydrogen-bond donors (Lipinski definition) is 0. The van der Waals surface area contributed by atoms with Crippen LogP contribution in [-0.2, 0) is 5.41 Å². The lowest BCUT2D eigenvalue weighted by Crippen LogP contribution is -2.37. The molecule has 0 aliphatic heterocycles. The van der Waals surface area contributed by atoms with Crippen molar-refractivity contribution in [1.82, 2.24) is 0 Å². The molecule has 0 radical (unpaired) electrons. The molecule has 4 nitrogen and oxygen atoms in total. The van der Waals surface area contributed by atoms with Gasteiger partial charge in [-0.15, -0.1) is 0 Å². The Balaban J connectivity index is 0.964. The average Bonchev–Trinajstić information content (AvgIpc) is 1.64. The second-order valence-electron chi connectivity index (χ2n) is 23.2. The van der Waals surface area contributed by atoms with E-state index in [9.17, 15) is 0 Å². The van der Waals surface area contributed by atoms with E-state index in [0.29, 0.717) is 0 Å². The van der Waals surface area contributed by atoms with Crippen LogP contribution in [0.2, 0.25) is 19.6 Å². The number of hydrogen-bond acceptors (Lipinski definition) is 4. The van der Waals surface area contributed by atoms with Gasteiger partial charge in [-0.25, -0.2) is 0 Å². The smallest absolute Gasteiger partial charge is 0.159 e. The molecular formula is C77H56N2O2Si. The van der Waals surface area contributed by atoms with E-state index >= 15 is 0 Å². The molecule has 0 atom stereocenters. The molecule has 1 aliphatic rings. The summed E-state index contributed by atoms with van der Waals surface area (Å²) in [7, 11) is -1.59. The molecule has 0 amide bonds. The zero-order chi connectivity index (χ0) is 54.8. The second-order valence-corrected chi connectivity index (χ2v) is 28.3. The van der Waals surface area contributed by atoms with Crippen LogP contribution in [0.1, 0.15) is 27.8 Å². The van der Waals surface area contributed by atoms with E-state index < -0.39 is 13.5 Å². The van der Waals surface area contributed by atoms with Gasteiger partial charge in [-0.1, -0.05) is 225 Å². The third kappa shape index (κ3) is 7.16. The molecule has 16 rings (SSSR count). The fourth-order valence-corrected chi connectivity index (χ4v) is 14.9. The van der Waals surface area contributed by atoms with Crippen LogP contribution in [0.15, 0.2) is 276 Å². The second kappa shape index (κ2) is 18.3. The van der Waals surface area contributed by atoms with Crippen molar-refractivity contribution in [3.8, 4) is 11.1 Å². The zero-order valence-electron chi connectivity index (χ0n) is 46.1. The van der Waals surface area contributed by atoms with Gasteiger partial charge in [-0.2, -0.15) is 0 Å². The molecule has 0 fully saturated rings. The minimum atomic E-state index is -1.59. The predicted molar refractivity (Wildman–Crippen MR) is 348 cm³/mol. The number of furan rings is 2. The maximum atomic E-state index is 6.82. The summed E-state index contributed by atoms with van der Waals surface area (Å²) in [5.74, 6) is 0. The van der Waals surface area contributed by atoms with Crippen LogP contribution in [0.5, 0.6) is 0 Å². The first kappa shape index (κ1) is 48.0. The standard InChI is InChI=1S/C77H56N2O2Si/c1-49-33-36-53(37-34-49)79(69-30-18-28-65-61-25-14-16-32-71(61)81-76(65)69)56-41-46-63-67(48-56)59-23-11-12-26-62(59)72-66-44-35-50-47-55(40-45-58(50)73(66)77(74(63)72,51-19-7-5-8-20-51)52-21-9-6-10-22-52)78(54-38-42-57(43-39-54)82(2,3)4)68-29-17-27-64-60-24-13-15-31-70(60)80-75(64)68/h5-48H,1-4H3. The number of aryl methyl sites for hydroxylation is 1. The predicted octanol–water partition coefficient (Wildman–Crippen LogP) is 21.1. The fraction of sp³-hybridized carbons (Fsp3) is 0.0649. The van der Waals surface area contributed by atoms with Crippen molar-refractivity contribution in [3.05, 3.63) is 295 Å². The molecule has 1 aliphatic carbocycles. The molecule has 82 heavy (non-hydrogen) atoms. The average molecular weight is 1070 g/mol. The molecule has 2 heterocycles. The third-order valence-electron chi connectivity index (χ3n) is 17.5. The summed E-state index contributed by atoms with van der Waals surface area (Å²) >= 11 is 0. The molecule has 13 aromatic carbocycles. The topological polar surface area (TPSA) is 32.8 Å². The minimum Gasteiger partial charge on any atom is -0.454 e. The summed E-state index contributed by atoms with van der Waals surface area (Å²) < 4.78 is 13.6. The van der Waals surface area contributed by atoms with E-state index in [-0.39, 0.29) is 0 Å². The van der Waals surface area contributed by atoms with Gasteiger partial charge >= 0.3 is 0 Å². The summed E-state index contributed by atoms with van der Waals surface area (Å²) in [4.78, 5) is 4.78. The summed E-state index contributed by atoms with van der Waals surface area (Å²) in [6.45, 7) is 9.38. The highest BCUT2D eigenvalue weighted by atomic mass is 28.3. The molecule has 0 saturated heterocycles. The first-order valence-corrected chi connectivity index (χ1v) is 32.0. The lowest BCUT2D eigenvalue weighted by Gasteiger charge is -2.36. The largest absolute Gasteiger partial charge is 0.454 e. The van der Waals surface area contributed by atoms with Crippen LogP contribution in [0, 0.1) is 6.92 Å². The van der Waals surface area contributed by atoms with Gasteiger partial charge in [-0.05, 0) is 145 Å². The van der Waals surface area contributed by atoms with Gasteiger partial charge in [0.1, 0.15) is 11.2 Å². The van der Waals surface area contributed by atoms with Crippen molar-refractivity contribution in [2.24, 2.45) is 0 Å². The van der Waals surface area contributed by atoms with Crippen LogP contribution in [-0.4, -0.2) is 8.07 Å². The highest BCUT2D eigenvalue weighted by Gasteiger charge is 2.49. The molecule has 0 saturated carbocycles. The van der Waals surface area contributed by atoms with Crippen LogP contribution in [0.3, 0.4) is 0 Å². The lowest BCUT2D eigenvalue weighted by atomic mass is 9.65. The van der Waals surface area contributed by atoms with Crippen molar-refractivity contribution in [3.63, 3.8) is 0 Å². The van der Waals surface area contributed by atoms with Crippen LogP contribution < -0.4 is 15.0 Å². The normalized spacial score (nSPS) is 13.0. The minimum absolute atomic E-state index is 0.735. The van der Waals surface area contributed by atoms with E-state index in [1.165, 1.54) is 71.1 Å². The number of anilines is 6. The highest BCUT2D eigenvalue weighted by Crippen LogP contribution is 2.62. The molecular weight excluding hydrogens is 1010 g/mol. The van der Waals surface area contributed by atoms with E-state index in [2.05, 4.69) is 297 Å². The van der Waals surface area contributed by atoms with Crippen LogP contribution in [0.4, 0.5) is 34.1 Å². The Labute approximate surface area is 477 Å². The highest BCUT2D eigenvalue weighted by molar-refractivity contribution is 6.88. The quantitative estimate of drug-likeness (QED) is 0.107. The van der Waals surface area contributed by atoms with Gasteiger partial charge in [0, 0.05) is 44.3 Å². The van der Waals surface area contributed by atoms with Crippen molar-refractivity contribution in [2.45, 2.75) is 32.0 Å². The van der Waals surface area contributed by atoms with E-state index in [0.717, 1.165) is 83.4 Å². The number of benzene rings is 13. The van der Waals surface area contributed by atoms with E-state index in [1.54, 1.807) is 0 Å². The van der Waals surface area contributed by atoms with Crippen LogP contribution in [0.25, 0.3) is 87.3 Å². The molecule has 5 heteroatoms. The zero-order valence-corrected chi connectivity index (χ0v) is 47.1. The first-order valence-electron chi connectivity index (χ1n) is 28.5. The molecule has 390 valence electrons. The van der Waals surface area contributed by atoms with Crippen molar-refractivity contribution in [2.75, 3.05) is 9.80 Å². The van der Waals surface area contributed by atoms with Gasteiger partial charge in [0.25, 0.3) is 0 Å². The Morgan fingerprint density at radius 1 is 0.341 bits per heavy atom. The van der Waals surface area contributed by atoms with Crippen LogP contribution >= 0.6 is 0 Å². The Kier molecular flexibility index (Phi) is 10.7. The summed E-state index contributed by atoms with van der Waals surface area (Å²) in [6, 6.07) is 98.7. The van der Waals surface area contributed by atoms with Gasteiger partial charge in [0.05, 0.1) is 24.9 Å². The fourth-order valence-electron chi connectivity index (χ4n) is 13.8. The maximum Gasteiger partial charge on any atom is 0.159 e. The van der Waals surface area contributed by atoms with E-state index in [1.807, 2.05) is 6.07 Å². The Morgan fingerprint density at radius 2 is 0.817 bits per heavy atom. The molecule has 0 unspecified atom stereocenters. The van der Waals surface area contributed by atoms with Gasteiger partial charge < -0.3 is 18.6 Å².